The van der Waals surface area contributed by atoms with Gasteiger partial charge in [-0.05, 0) is 31.2 Å². The van der Waals surface area contributed by atoms with E-state index in [-0.39, 0.29) is 11.9 Å². The van der Waals surface area contributed by atoms with E-state index in [1.165, 1.54) is 18.4 Å². The highest BCUT2D eigenvalue weighted by atomic mass is 16.2. The summed E-state index contributed by atoms with van der Waals surface area (Å²) in [4.78, 5) is 14.7. The van der Waals surface area contributed by atoms with Gasteiger partial charge in [-0.15, -0.1) is 10.2 Å². The van der Waals surface area contributed by atoms with Gasteiger partial charge in [0.05, 0.1) is 19.1 Å². The van der Waals surface area contributed by atoms with Crippen molar-refractivity contribution in [3.63, 3.8) is 0 Å². The summed E-state index contributed by atoms with van der Waals surface area (Å²) in [5.74, 6) is 2.59. The van der Waals surface area contributed by atoms with E-state index in [1.54, 1.807) is 0 Å². The molecule has 1 aromatic heterocycles. The molecular weight excluding hydrogens is 302 g/mol. The molecule has 1 aromatic carbocycles. The number of carbonyl (C=O) groups excluding carboxylic acids is 1. The van der Waals surface area contributed by atoms with Crippen LogP contribution in [0.3, 0.4) is 0 Å². The molecule has 0 radical (unpaired) electrons. The van der Waals surface area contributed by atoms with Crippen molar-refractivity contribution in [3.8, 4) is 0 Å². The van der Waals surface area contributed by atoms with E-state index >= 15 is 0 Å². The lowest BCUT2D eigenvalue weighted by Crippen LogP contribution is -2.42. The van der Waals surface area contributed by atoms with Crippen molar-refractivity contribution in [2.45, 2.75) is 38.9 Å². The van der Waals surface area contributed by atoms with E-state index in [1.807, 2.05) is 25.1 Å². The normalized spacial score (nSPS) is 18.9. The van der Waals surface area contributed by atoms with Crippen LogP contribution in [-0.2, 0) is 17.9 Å². The lowest BCUT2D eigenvalue weighted by Gasteiger charge is -2.28. The van der Waals surface area contributed by atoms with Gasteiger partial charge in [0.1, 0.15) is 11.6 Å². The first-order chi connectivity index (χ1) is 11.7. The molecule has 2 aliphatic rings. The number of rotatable bonds is 5. The van der Waals surface area contributed by atoms with E-state index in [2.05, 4.69) is 37.1 Å². The number of hydrogen-bond acceptors (Lipinski definition) is 4. The first kappa shape index (κ1) is 15.3. The van der Waals surface area contributed by atoms with Gasteiger partial charge in [-0.1, -0.05) is 30.3 Å². The Morgan fingerprint density at radius 1 is 1.25 bits per heavy atom. The second-order valence-corrected chi connectivity index (χ2v) is 6.82. The molecule has 1 saturated carbocycles. The van der Waals surface area contributed by atoms with Gasteiger partial charge in [-0.3, -0.25) is 9.69 Å². The summed E-state index contributed by atoms with van der Waals surface area (Å²) in [6, 6.07) is 10.5. The minimum Gasteiger partial charge on any atom is -0.348 e. The summed E-state index contributed by atoms with van der Waals surface area (Å²) in [6.45, 7) is 4.79. The Bertz CT molecular complexity index is 722. The molecule has 24 heavy (non-hydrogen) atoms. The van der Waals surface area contributed by atoms with Crippen LogP contribution < -0.4 is 5.32 Å². The molecule has 0 bridgehead atoms. The van der Waals surface area contributed by atoms with Crippen LogP contribution in [0.15, 0.2) is 30.3 Å². The number of aromatic nitrogens is 3. The fourth-order valence-electron chi connectivity index (χ4n) is 3.47. The van der Waals surface area contributed by atoms with Crippen molar-refractivity contribution >= 4 is 5.91 Å². The van der Waals surface area contributed by atoms with Gasteiger partial charge in [-0.25, -0.2) is 0 Å². The Morgan fingerprint density at radius 2 is 2.04 bits per heavy atom. The molecule has 1 aliphatic heterocycles. The first-order valence-corrected chi connectivity index (χ1v) is 8.66. The summed E-state index contributed by atoms with van der Waals surface area (Å²) >= 11 is 0. The number of nitrogens with one attached hydrogen (secondary N) is 1. The number of hydrogen-bond donors (Lipinski definition) is 1. The van der Waals surface area contributed by atoms with E-state index in [0.29, 0.717) is 19.0 Å². The van der Waals surface area contributed by atoms with Crippen LogP contribution in [0.2, 0.25) is 0 Å². The maximum absolute atomic E-state index is 12.5. The molecule has 1 atom stereocenters. The maximum atomic E-state index is 12.5. The molecule has 0 spiro atoms. The molecule has 1 fully saturated rings. The van der Waals surface area contributed by atoms with Gasteiger partial charge in [0.2, 0.25) is 5.91 Å². The third kappa shape index (κ3) is 3.19. The Labute approximate surface area is 141 Å². The number of nitrogens with zero attached hydrogens (tertiary/aromatic N) is 4. The fourth-order valence-corrected chi connectivity index (χ4v) is 3.47. The first-order valence-electron chi connectivity index (χ1n) is 8.66. The molecule has 1 aliphatic carbocycles. The van der Waals surface area contributed by atoms with Crippen molar-refractivity contribution in [1.82, 2.24) is 25.0 Å². The number of benzene rings is 1. The molecule has 6 nitrogen and oxygen atoms in total. The highest BCUT2D eigenvalue weighted by molar-refractivity contribution is 5.78. The van der Waals surface area contributed by atoms with Gasteiger partial charge < -0.3 is 9.88 Å². The predicted octanol–water partition coefficient (Wildman–Crippen LogP) is 1.67. The van der Waals surface area contributed by atoms with Crippen molar-refractivity contribution in [3.05, 3.63) is 47.5 Å². The average Bonchev–Trinajstić information content (AvgIpc) is 3.37. The zero-order valence-corrected chi connectivity index (χ0v) is 14.0. The zero-order chi connectivity index (χ0) is 16.5. The molecular formula is C18H23N5O. The van der Waals surface area contributed by atoms with Gasteiger partial charge in [0, 0.05) is 13.1 Å². The Hall–Kier alpha value is -2.21. The average molecular weight is 325 g/mol. The third-order valence-corrected chi connectivity index (χ3v) is 4.95. The fraction of sp³-hybridized carbons (Fsp3) is 0.500. The minimum absolute atomic E-state index is 0.0976. The monoisotopic (exact) mass is 325 g/mol. The minimum atomic E-state index is 0.0976. The van der Waals surface area contributed by atoms with Crippen molar-refractivity contribution in [1.29, 1.82) is 0 Å². The number of fused-ring (bicyclic) bond motifs is 1. The van der Waals surface area contributed by atoms with Crippen LogP contribution in [-0.4, -0.2) is 38.7 Å². The van der Waals surface area contributed by atoms with E-state index in [0.717, 1.165) is 24.7 Å². The SMILES string of the molecule is Cc1nnc2n1CCN(CC(=O)N[C@@H](c1ccccc1)C1CC1)C2. The number of carbonyl (C=O) groups is 1. The lowest BCUT2D eigenvalue weighted by molar-refractivity contribution is -0.123. The highest BCUT2D eigenvalue weighted by Crippen LogP contribution is 2.40. The third-order valence-electron chi connectivity index (χ3n) is 4.95. The summed E-state index contributed by atoms with van der Waals surface area (Å²) < 4.78 is 2.13. The smallest absolute Gasteiger partial charge is 0.234 e. The maximum Gasteiger partial charge on any atom is 0.234 e. The number of aryl methyl sites for hydroxylation is 1. The molecule has 1 N–H and O–H groups in total. The second kappa shape index (κ2) is 6.36. The van der Waals surface area contributed by atoms with E-state index in [4.69, 9.17) is 0 Å². The van der Waals surface area contributed by atoms with Gasteiger partial charge >= 0.3 is 0 Å². The molecule has 0 unspecified atom stereocenters. The second-order valence-electron chi connectivity index (χ2n) is 6.82. The van der Waals surface area contributed by atoms with Crippen LogP contribution in [0, 0.1) is 12.8 Å². The standard InChI is InChI=1S/C18H23N5O/c1-13-20-21-16-11-22(9-10-23(13)16)12-17(24)19-18(15-7-8-15)14-5-3-2-4-6-14/h2-6,15,18H,7-12H2,1H3,(H,19,24)/t18-/m0/s1. The quantitative estimate of drug-likeness (QED) is 0.908. The Kier molecular flexibility index (Phi) is 4.06. The zero-order valence-electron chi connectivity index (χ0n) is 14.0. The van der Waals surface area contributed by atoms with Crippen molar-refractivity contribution < 1.29 is 4.79 Å². The van der Waals surface area contributed by atoms with E-state index in [9.17, 15) is 4.79 Å². The molecule has 6 heteroatoms. The van der Waals surface area contributed by atoms with E-state index < -0.39 is 0 Å². The van der Waals surface area contributed by atoms with Crippen LogP contribution in [0.25, 0.3) is 0 Å². The largest absolute Gasteiger partial charge is 0.348 e. The summed E-state index contributed by atoms with van der Waals surface area (Å²) in [6.07, 6.45) is 2.40. The van der Waals surface area contributed by atoms with Gasteiger partial charge in [0.15, 0.2) is 0 Å². The lowest BCUT2D eigenvalue weighted by atomic mass is 10.0. The molecule has 126 valence electrons. The van der Waals surface area contributed by atoms with Crippen LogP contribution >= 0.6 is 0 Å². The topological polar surface area (TPSA) is 63.1 Å². The molecule has 2 heterocycles. The molecule has 4 rings (SSSR count). The molecule has 1 amide bonds. The molecule has 0 saturated heterocycles. The summed E-state index contributed by atoms with van der Waals surface area (Å²) in [5, 5.41) is 11.6. The van der Waals surface area contributed by atoms with Crippen LogP contribution in [0.5, 0.6) is 0 Å². The Balaban J connectivity index is 1.38. The van der Waals surface area contributed by atoms with Gasteiger partial charge in [-0.2, -0.15) is 0 Å². The van der Waals surface area contributed by atoms with Crippen LogP contribution in [0.4, 0.5) is 0 Å². The van der Waals surface area contributed by atoms with Crippen molar-refractivity contribution in [2.75, 3.05) is 13.1 Å². The number of amides is 1. The summed E-state index contributed by atoms with van der Waals surface area (Å²) in [7, 11) is 0. The molecule has 2 aromatic rings. The Morgan fingerprint density at radius 3 is 2.79 bits per heavy atom. The predicted molar refractivity (Wildman–Crippen MR) is 90.1 cm³/mol. The van der Waals surface area contributed by atoms with Crippen LogP contribution in [0.1, 0.15) is 36.1 Å². The summed E-state index contributed by atoms with van der Waals surface area (Å²) in [5.41, 5.74) is 1.21. The van der Waals surface area contributed by atoms with Gasteiger partial charge in [0.25, 0.3) is 0 Å². The van der Waals surface area contributed by atoms with Crippen molar-refractivity contribution in [2.24, 2.45) is 5.92 Å². The highest BCUT2D eigenvalue weighted by Gasteiger charge is 2.33.